The van der Waals surface area contributed by atoms with Crippen LogP contribution < -0.4 is 5.32 Å². The number of aryl methyl sites for hydroxylation is 2. The molecular formula is C16H31N3. The highest BCUT2D eigenvalue weighted by atomic mass is 15.3. The van der Waals surface area contributed by atoms with Gasteiger partial charge in [-0.2, -0.15) is 5.10 Å². The second kappa shape index (κ2) is 7.68. The van der Waals surface area contributed by atoms with Gasteiger partial charge in [-0.15, -0.1) is 0 Å². The van der Waals surface area contributed by atoms with Crippen molar-refractivity contribution in [2.45, 2.75) is 73.4 Å². The molecule has 0 aliphatic heterocycles. The third kappa shape index (κ3) is 4.34. The normalized spacial score (nSPS) is 13.2. The first-order chi connectivity index (χ1) is 9.01. The molecule has 0 aliphatic rings. The van der Waals surface area contributed by atoms with Crippen LogP contribution in [0.2, 0.25) is 0 Å². The Morgan fingerprint density at radius 1 is 1.21 bits per heavy atom. The summed E-state index contributed by atoms with van der Waals surface area (Å²) < 4.78 is 2.20. The number of aromatic nitrogens is 2. The van der Waals surface area contributed by atoms with Crippen molar-refractivity contribution >= 4 is 0 Å². The molecule has 0 saturated heterocycles. The first-order valence-corrected chi connectivity index (χ1v) is 7.78. The maximum atomic E-state index is 4.73. The van der Waals surface area contributed by atoms with Gasteiger partial charge >= 0.3 is 0 Å². The molecule has 1 aromatic rings. The van der Waals surface area contributed by atoms with Crippen molar-refractivity contribution in [3.05, 3.63) is 17.0 Å². The third-order valence-corrected chi connectivity index (χ3v) is 3.80. The predicted molar refractivity (Wildman–Crippen MR) is 82.5 cm³/mol. The fourth-order valence-electron chi connectivity index (χ4n) is 2.78. The van der Waals surface area contributed by atoms with Crippen LogP contribution in [0.1, 0.15) is 70.0 Å². The number of hydrogen-bond acceptors (Lipinski definition) is 2. The van der Waals surface area contributed by atoms with Gasteiger partial charge in [-0.25, -0.2) is 0 Å². The Morgan fingerprint density at radius 2 is 1.89 bits per heavy atom. The number of nitrogens with zero attached hydrogens (tertiary/aromatic N) is 2. The van der Waals surface area contributed by atoms with E-state index < -0.39 is 0 Å². The zero-order valence-electron chi connectivity index (χ0n) is 13.6. The molecule has 0 saturated carbocycles. The van der Waals surface area contributed by atoms with Crippen LogP contribution in [0.5, 0.6) is 0 Å². The Hall–Kier alpha value is -0.830. The topological polar surface area (TPSA) is 29.9 Å². The summed E-state index contributed by atoms with van der Waals surface area (Å²) in [4.78, 5) is 0. The van der Waals surface area contributed by atoms with Crippen molar-refractivity contribution in [3.8, 4) is 0 Å². The summed E-state index contributed by atoms with van der Waals surface area (Å²) in [7, 11) is 0. The van der Waals surface area contributed by atoms with Gasteiger partial charge in [0, 0.05) is 23.8 Å². The van der Waals surface area contributed by atoms with Gasteiger partial charge in [-0.3, -0.25) is 4.68 Å². The molecule has 0 fully saturated rings. The molecule has 3 heteroatoms. The molecular weight excluding hydrogens is 234 g/mol. The van der Waals surface area contributed by atoms with E-state index in [1.807, 2.05) is 0 Å². The smallest absolute Gasteiger partial charge is 0.0644 e. The lowest BCUT2D eigenvalue weighted by Gasteiger charge is -2.17. The Morgan fingerprint density at radius 3 is 2.42 bits per heavy atom. The lowest BCUT2D eigenvalue weighted by Crippen LogP contribution is -2.21. The zero-order valence-corrected chi connectivity index (χ0v) is 13.6. The van der Waals surface area contributed by atoms with E-state index in [1.54, 1.807) is 0 Å². The van der Waals surface area contributed by atoms with Crippen LogP contribution in [0.4, 0.5) is 0 Å². The molecule has 0 radical (unpaired) electrons. The maximum Gasteiger partial charge on any atom is 0.0644 e. The van der Waals surface area contributed by atoms with Crippen LogP contribution in [0.15, 0.2) is 0 Å². The van der Waals surface area contributed by atoms with Crippen LogP contribution in [-0.4, -0.2) is 16.3 Å². The van der Waals surface area contributed by atoms with Crippen molar-refractivity contribution in [2.75, 3.05) is 6.54 Å². The highest BCUT2D eigenvalue weighted by molar-refractivity contribution is 5.28. The third-order valence-electron chi connectivity index (χ3n) is 3.80. The second-order valence-corrected chi connectivity index (χ2v) is 5.86. The van der Waals surface area contributed by atoms with Crippen LogP contribution in [0, 0.1) is 19.8 Å². The minimum absolute atomic E-state index is 0.448. The highest BCUT2D eigenvalue weighted by Crippen LogP contribution is 2.24. The highest BCUT2D eigenvalue weighted by Gasteiger charge is 2.18. The van der Waals surface area contributed by atoms with Gasteiger partial charge in [0.25, 0.3) is 0 Å². The number of nitrogens with one attached hydrogen (secondary N) is 1. The van der Waals surface area contributed by atoms with E-state index >= 15 is 0 Å². The molecule has 0 bridgehead atoms. The summed E-state index contributed by atoms with van der Waals surface area (Å²) in [6, 6.07) is 0.448. The SMILES string of the molecule is CCNC(CC)c1c(C)nn(CCCC(C)C)c1C. The van der Waals surface area contributed by atoms with E-state index in [0.29, 0.717) is 6.04 Å². The van der Waals surface area contributed by atoms with Crippen molar-refractivity contribution in [3.63, 3.8) is 0 Å². The molecule has 0 aromatic carbocycles. The summed E-state index contributed by atoms with van der Waals surface area (Å²) in [5.41, 5.74) is 3.94. The lowest BCUT2D eigenvalue weighted by molar-refractivity contribution is 0.481. The molecule has 1 N–H and O–H groups in total. The Bertz CT molecular complexity index is 380. The standard InChI is InChI=1S/C16H31N3/c1-7-15(17-8-2)16-13(5)18-19(14(16)6)11-9-10-12(3)4/h12,15,17H,7-11H2,1-6H3. The average molecular weight is 265 g/mol. The predicted octanol–water partition coefficient (Wildman–Crippen LogP) is 4.00. The van der Waals surface area contributed by atoms with Crippen LogP contribution in [-0.2, 0) is 6.54 Å². The van der Waals surface area contributed by atoms with E-state index in [-0.39, 0.29) is 0 Å². The first kappa shape index (κ1) is 16.2. The Kier molecular flexibility index (Phi) is 6.56. The van der Waals surface area contributed by atoms with E-state index in [2.05, 4.69) is 51.5 Å². The molecule has 0 aliphatic carbocycles. The molecule has 1 atom stereocenters. The van der Waals surface area contributed by atoms with Gasteiger partial charge in [0.2, 0.25) is 0 Å². The number of rotatable bonds is 8. The molecule has 1 rings (SSSR count). The molecule has 19 heavy (non-hydrogen) atoms. The second-order valence-electron chi connectivity index (χ2n) is 5.86. The van der Waals surface area contributed by atoms with Crippen molar-refractivity contribution in [1.29, 1.82) is 0 Å². The van der Waals surface area contributed by atoms with E-state index in [9.17, 15) is 0 Å². The molecule has 3 nitrogen and oxygen atoms in total. The molecule has 1 heterocycles. The minimum atomic E-state index is 0.448. The molecule has 110 valence electrons. The molecule has 0 spiro atoms. The van der Waals surface area contributed by atoms with Crippen LogP contribution in [0.25, 0.3) is 0 Å². The van der Waals surface area contributed by atoms with E-state index in [1.165, 1.54) is 29.8 Å². The van der Waals surface area contributed by atoms with E-state index in [4.69, 9.17) is 5.10 Å². The van der Waals surface area contributed by atoms with Gasteiger partial charge in [0.1, 0.15) is 0 Å². The largest absolute Gasteiger partial charge is 0.310 e. The van der Waals surface area contributed by atoms with Crippen LogP contribution in [0.3, 0.4) is 0 Å². The summed E-state index contributed by atoms with van der Waals surface area (Å²) in [6.07, 6.45) is 3.61. The monoisotopic (exact) mass is 265 g/mol. The Balaban J connectivity index is 2.81. The summed E-state index contributed by atoms with van der Waals surface area (Å²) >= 11 is 0. The lowest BCUT2D eigenvalue weighted by atomic mass is 10.0. The summed E-state index contributed by atoms with van der Waals surface area (Å²) in [5.74, 6) is 0.779. The summed E-state index contributed by atoms with van der Waals surface area (Å²) in [5, 5.41) is 8.30. The van der Waals surface area contributed by atoms with Crippen molar-refractivity contribution in [2.24, 2.45) is 5.92 Å². The minimum Gasteiger partial charge on any atom is -0.310 e. The molecule has 1 aromatic heterocycles. The average Bonchev–Trinajstić information content (AvgIpc) is 2.62. The fourth-order valence-corrected chi connectivity index (χ4v) is 2.78. The summed E-state index contributed by atoms with van der Waals surface area (Å²) in [6.45, 7) is 15.4. The maximum absolute atomic E-state index is 4.73. The van der Waals surface area contributed by atoms with Gasteiger partial charge in [-0.05, 0) is 45.6 Å². The van der Waals surface area contributed by atoms with Gasteiger partial charge < -0.3 is 5.32 Å². The van der Waals surface area contributed by atoms with E-state index in [0.717, 1.165) is 25.4 Å². The van der Waals surface area contributed by atoms with Crippen molar-refractivity contribution < 1.29 is 0 Å². The molecule has 1 unspecified atom stereocenters. The fraction of sp³-hybridized carbons (Fsp3) is 0.812. The number of hydrogen-bond donors (Lipinski definition) is 1. The molecule has 0 amide bonds. The first-order valence-electron chi connectivity index (χ1n) is 7.78. The van der Waals surface area contributed by atoms with Gasteiger partial charge in [0.15, 0.2) is 0 Å². The van der Waals surface area contributed by atoms with Crippen molar-refractivity contribution in [1.82, 2.24) is 15.1 Å². The van der Waals surface area contributed by atoms with Gasteiger partial charge in [0.05, 0.1) is 5.69 Å². The zero-order chi connectivity index (χ0) is 14.4. The quantitative estimate of drug-likeness (QED) is 0.770. The Labute approximate surface area is 118 Å². The van der Waals surface area contributed by atoms with Crippen LogP contribution >= 0.6 is 0 Å². The van der Waals surface area contributed by atoms with Gasteiger partial charge in [-0.1, -0.05) is 27.7 Å².